The summed E-state index contributed by atoms with van der Waals surface area (Å²) < 4.78 is 17.2. The zero-order valence-corrected chi connectivity index (χ0v) is 21.4. The summed E-state index contributed by atoms with van der Waals surface area (Å²) in [5, 5.41) is 6.29. The third kappa shape index (κ3) is 4.85. The van der Waals surface area contributed by atoms with Crippen LogP contribution in [0.15, 0.2) is 76.9 Å². The molecule has 0 saturated heterocycles. The average molecular weight is 514 g/mol. The number of fused-ring (bicyclic) bond motifs is 1. The van der Waals surface area contributed by atoms with Crippen molar-refractivity contribution in [3.05, 3.63) is 88.9 Å². The largest absolute Gasteiger partial charge is 0.338 e. The lowest BCUT2D eigenvalue weighted by molar-refractivity contribution is -0.117. The van der Waals surface area contributed by atoms with Gasteiger partial charge in [0.15, 0.2) is 5.82 Å². The Kier molecular flexibility index (Phi) is 6.89. The predicted octanol–water partition coefficient (Wildman–Crippen LogP) is 3.66. The molecule has 0 fully saturated rings. The molecule has 2 N–H and O–H groups in total. The number of hydrogen-bond acceptors (Lipinski definition) is 6. The molecule has 0 saturated carbocycles. The molecule has 1 amide bonds. The second-order valence-electron chi connectivity index (χ2n) is 9.20. The highest BCUT2D eigenvalue weighted by molar-refractivity contribution is 5.93. The van der Waals surface area contributed by atoms with Crippen molar-refractivity contribution < 1.29 is 9.18 Å². The van der Waals surface area contributed by atoms with Gasteiger partial charge in [0.05, 0.1) is 54.9 Å². The molecule has 0 aliphatic carbocycles. The van der Waals surface area contributed by atoms with Crippen LogP contribution in [0.3, 0.4) is 0 Å². The van der Waals surface area contributed by atoms with Crippen molar-refractivity contribution in [2.45, 2.75) is 26.6 Å². The summed E-state index contributed by atoms with van der Waals surface area (Å²) in [6, 6.07) is 13.8. The maximum atomic E-state index is 13.7. The minimum absolute atomic E-state index is 0.0439. The minimum Gasteiger partial charge on any atom is -0.338 e. The van der Waals surface area contributed by atoms with E-state index < -0.39 is 11.6 Å². The van der Waals surface area contributed by atoms with Crippen LogP contribution in [0.25, 0.3) is 27.9 Å². The lowest BCUT2D eigenvalue weighted by atomic mass is 10.1. The Morgan fingerprint density at radius 2 is 2.00 bits per heavy atom. The Bertz CT molecular complexity index is 1640. The smallest absolute Gasteiger partial charge is 0.295 e. The number of aliphatic imine (C=N–C) groups is 1. The fourth-order valence-corrected chi connectivity index (χ4v) is 4.42. The fraction of sp³-hybridized carbons (Fsp3) is 0.214. The summed E-state index contributed by atoms with van der Waals surface area (Å²) in [6.45, 7) is 4.29. The minimum atomic E-state index is -0.493. The van der Waals surface area contributed by atoms with Gasteiger partial charge in [-0.1, -0.05) is 24.3 Å². The van der Waals surface area contributed by atoms with Crippen LogP contribution in [0.1, 0.15) is 12.5 Å². The molecule has 0 bridgehead atoms. The maximum Gasteiger partial charge on any atom is 0.295 e. The van der Waals surface area contributed by atoms with Crippen LogP contribution in [0, 0.1) is 12.7 Å². The Morgan fingerprint density at radius 3 is 2.79 bits per heavy atom. The van der Waals surface area contributed by atoms with E-state index in [0.29, 0.717) is 12.2 Å². The number of benzene rings is 2. The standard InChI is InChI=1S/C28H28FN7O2/c1-18-6-4-5-7-23(18)25-14-32-26(33-27(37)19(2)30-3)28(38)36(25)17-34-15-22(13-31-16-34)35-11-10-20-12-21(29)8-9-24(20)35/h4-14,16,19,30H,15,17H2,1-3H3,(H,32,33,37)/t19-/m0/s1. The lowest BCUT2D eigenvalue weighted by Gasteiger charge is -2.27. The molecular weight excluding hydrogens is 485 g/mol. The van der Waals surface area contributed by atoms with E-state index in [-0.39, 0.29) is 24.2 Å². The van der Waals surface area contributed by atoms with Gasteiger partial charge in [-0.3, -0.25) is 14.2 Å². The van der Waals surface area contributed by atoms with E-state index in [4.69, 9.17) is 0 Å². The molecule has 0 spiro atoms. The summed E-state index contributed by atoms with van der Waals surface area (Å²) in [5.74, 6) is -0.689. The van der Waals surface area contributed by atoms with Gasteiger partial charge in [0.1, 0.15) is 5.82 Å². The van der Waals surface area contributed by atoms with E-state index in [2.05, 4.69) is 20.6 Å². The summed E-state index contributed by atoms with van der Waals surface area (Å²) in [7, 11) is 1.67. The quantitative estimate of drug-likeness (QED) is 0.393. The third-order valence-electron chi connectivity index (χ3n) is 6.65. The van der Waals surface area contributed by atoms with Gasteiger partial charge in [0, 0.05) is 17.1 Å². The number of carbonyl (C=O) groups excluding carboxylic acids is 1. The number of aryl methyl sites for hydroxylation is 1. The second kappa shape index (κ2) is 10.4. The number of carbonyl (C=O) groups is 1. The second-order valence-corrected chi connectivity index (χ2v) is 9.20. The van der Waals surface area contributed by atoms with Gasteiger partial charge in [0.25, 0.3) is 5.56 Å². The van der Waals surface area contributed by atoms with Gasteiger partial charge in [-0.2, -0.15) is 0 Å². The van der Waals surface area contributed by atoms with Gasteiger partial charge in [-0.15, -0.1) is 0 Å². The fourth-order valence-electron chi connectivity index (χ4n) is 4.42. The molecule has 38 heavy (non-hydrogen) atoms. The molecule has 0 radical (unpaired) electrons. The molecular formula is C28H28FN7O2. The van der Waals surface area contributed by atoms with Crippen LogP contribution in [0.5, 0.6) is 0 Å². The molecule has 194 valence electrons. The van der Waals surface area contributed by atoms with Crippen molar-refractivity contribution in [2.75, 3.05) is 18.9 Å². The zero-order chi connectivity index (χ0) is 26.8. The van der Waals surface area contributed by atoms with Crippen LogP contribution in [-0.4, -0.2) is 50.9 Å². The number of amides is 1. The van der Waals surface area contributed by atoms with Gasteiger partial charge in [-0.05, 0) is 50.7 Å². The molecule has 3 heterocycles. The van der Waals surface area contributed by atoms with Crippen molar-refractivity contribution in [1.82, 2.24) is 24.3 Å². The number of likely N-dealkylation sites (N-methyl/N-ethyl adjacent to an activating group) is 1. The van der Waals surface area contributed by atoms with E-state index >= 15 is 0 Å². The molecule has 0 unspecified atom stereocenters. The van der Waals surface area contributed by atoms with Crippen LogP contribution < -0.4 is 16.2 Å². The van der Waals surface area contributed by atoms with Gasteiger partial charge < -0.3 is 20.1 Å². The van der Waals surface area contributed by atoms with Gasteiger partial charge in [0.2, 0.25) is 5.91 Å². The van der Waals surface area contributed by atoms with Crippen molar-refractivity contribution in [3.63, 3.8) is 0 Å². The van der Waals surface area contributed by atoms with Crippen molar-refractivity contribution in [3.8, 4) is 11.3 Å². The van der Waals surface area contributed by atoms with E-state index in [1.54, 1.807) is 43.3 Å². The van der Waals surface area contributed by atoms with Crippen LogP contribution in [0.4, 0.5) is 10.2 Å². The molecule has 1 aliphatic heterocycles. The Balaban J connectivity index is 1.50. The first-order valence-corrected chi connectivity index (χ1v) is 12.2. The maximum absolute atomic E-state index is 13.7. The molecule has 10 heteroatoms. The van der Waals surface area contributed by atoms with Crippen molar-refractivity contribution >= 4 is 34.7 Å². The molecule has 1 aliphatic rings. The normalized spacial score (nSPS) is 14.0. The third-order valence-corrected chi connectivity index (χ3v) is 6.65. The highest BCUT2D eigenvalue weighted by Crippen LogP contribution is 2.25. The lowest BCUT2D eigenvalue weighted by Crippen LogP contribution is -2.40. The molecule has 5 rings (SSSR count). The first kappa shape index (κ1) is 25.1. The SMILES string of the molecule is CN[C@@H](C)C(=O)Nc1ncc(-c2ccccc2C)n(CN2C=NC=C(n3ccc4cc(F)ccc43)C2)c1=O. The average Bonchev–Trinajstić information content (AvgIpc) is 3.34. The predicted molar refractivity (Wildman–Crippen MR) is 147 cm³/mol. The number of nitrogens with one attached hydrogen (secondary N) is 2. The number of hydrogen-bond donors (Lipinski definition) is 2. The molecule has 2 aromatic carbocycles. The van der Waals surface area contributed by atoms with E-state index in [1.165, 1.54) is 12.1 Å². The Hall–Kier alpha value is -4.57. The van der Waals surface area contributed by atoms with E-state index in [0.717, 1.165) is 27.7 Å². The van der Waals surface area contributed by atoms with Crippen LogP contribution in [0.2, 0.25) is 0 Å². The Labute approximate surface area is 218 Å². The summed E-state index contributed by atoms with van der Waals surface area (Å²) in [6.07, 6.45) is 6.91. The van der Waals surface area contributed by atoms with Gasteiger partial charge in [-0.25, -0.2) is 14.4 Å². The van der Waals surface area contributed by atoms with Crippen LogP contribution >= 0.6 is 0 Å². The van der Waals surface area contributed by atoms with Crippen molar-refractivity contribution in [1.29, 1.82) is 0 Å². The van der Waals surface area contributed by atoms with E-state index in [1.807, 2.05) is 52.9 Å². The number of aromatic nitrogens is 3. The zero-order valence-electron chi connectivity index (χ0n) is 21.4. The van der Waals surface area contributed by atoms with E-state index in [9.17, 15) is 14.0 Å². The van der Waals surface area contributed by atoms with Gasteiger partial charge >= 0.3 is 0 Å². The first-order chi connectivity index (χ1) is 18.4. The Morgan fingerprint density at radius 1 is 1.18 bits per heavy atom. The number of rotatable bonds is 7. The number of nitrogens with zero attached hydrogens (tertiary/aromatic N) is 5. The molecule has 1 atom stereocenters. The molecule has 9 nitrogen and oxygen atoms in total. The molecule has 4 aromatic rings. The number of anilines is 1. The summed E-state index contributed by atoms with van der Waals surface area (Å²) in [4.78, 5) is 36.7. The van der Waals surface area contributed by atoms with Crippen molar-refractivity contribution in [2.24, 2.45) is 4.99 Å². The van der Waals surface area contributed by atoms with Crippen LogP contribution in [-0.2, 0) is 11.5 Å². The highest BCUT2D eigenvalue weighted by atomic mass is 19.1. The summed E-state index contributed by atoms with van der Waals surface area (Å²) in [5.41, 5.74) is 3.78. The topological polar surface area (TPSA) is 96.6 Å². The summed E-state index contributed by atoms with van der Waals surface area (Å²) >= 11 is 0. The highest BCUT2D eigenvalue weighted by Gasteiger charge is 2.20. The molecule has 2 aromatic heterocycles. The number of halogens is 1. The first-order valence-electron chi connectivity index (χ1n) is 12.2. The monoisotopic (exact) mass is 513 g/mol.